The van der Waals surface area contributed by atoms with Crippen molar-refractivity contribution in [1.82, 2.24) is 9.80 Å². The molecule has 1 atom stereocenters. The molecule has 0 aromatic heterocycles. The minimum atomic E-state index is 0.577. The summed E-state index contributed by atoms with van der Waals surface area (Å²) in [5.74, 6) is 0.672. The van der Waals surface area contributed by atoms with Gasteiger partial charge in [0.05, 0.1) is 0 Å². The highest BCUT2D eigenvalue weighted by atomic mass is 15.2. The van der Waals surface area contributed by atoms with Gasteiger partial charge in [-0.3, -0.25) is 4.90 Å². The summed E-state index contributed by atoms with van der Waals surface area (Å²) in [7, 11) is 4.37. The lowest BCUT2D eigenvalue weighted by Gasteiger charge is -2.40. The highest BCUT2D eigenvalue weighted by molar-refractivity contribution is 4.83. The van der Waals surface area contributed by atoms with Crippen LogP contribution in [0.2, 0.25) is 0 Å². The van der Waals surface area contributed by atoms with Gasteiger partial charge in [0.2, 0.25) is 0 Å². The maximum atomic E-state index is 5.85. The smallest absolute Gasteiger partial charge is 0.0241 e. The van der Waals surface area contributed by atoms with E-state index in [1.165, 1.54) is 25.9 Å². The maximum absolute atomic E-state index is 5.85. The van der Waals surface area contributed by atoms with Gasteiger partial charge in [0, 0.05) is 18.6 Å². The van der Waals surface area contributed by atoms with Crippen LogP contribution in [0.1, 0.15) is 26.7 Å². The molecular weight excluding hydrogens is 186 g/mol. The molecule has 15 heavy (non-hydrogen) atoms. The second-order valence-corrected chi connectivity index (χ2v) is 5.28. The monoisotopic (exact) mass is 213 g/mol. The molecule has 0 bridgehead atoms. The van der Waals surface area contributed by atoms with Gasteiger partial charge in [-0.25, -0.2) is 0 Å². The van der Waals surface area contributed by atoms with Crippen LogP contribution in [0, 0.1) is 5.92 Å². The molecule has 0 aliphatic carbocycles. The molecule has 3 nitrogen and oxygen atoms in total. The lowest BCUT2D eigenvalue weighted by atomic mass is 9.97. The molecule has 1 fully saturated rings. The maximum Gasteiger partial charge on any atom is 0.0241 e. The van der Waals surface area contributed by atoms with Crippen LogP contribution in [0.15, 0.2) is 0 Å². The molecule has 0 amide bonds. The Balaban J connectivity index is 2.42. The summed E-state index contributed by atoms with van der Waals surface area (Å²) in [4.78, 5) is 4.93. The van der Waals surface area contributed by atoms with Crippen LogP contribution in [0.25, 0.3) is 0 Å². The first-order chi connectivity index (χ1) is 7.06. The molecule has 1 unspecified atom stereocenters. The molecule has 3 heteroatoms. The largest absolute Gasteiger partial charge is 0.329 e. The van der Waals surface area contributed by atoms with Crippen LogP contribution in [0.4, 0.5) is 0 Å². The molecule has 1 heterocycles. The van der Waals surface area contributed by atoms with Crippen molar-refractivity contribution in [1.29, 1.82) is 0 Å². The summed E-state index contributed by atoms with van der Waals surface area (Å²) in [6, 6.07) is 1.35. The van der Waals surface area contributed by atoms with Crippen molar-refractivity contribution >= 4 is 0 Å². The lowest BCUT2D eigenvalue weighted by molar-refractivity contribution is 0.0906. The SMILES string of the molecule is CC(C)C(CN)N1CCC(N(C)C)CC1. The van der Waals surface area contributed by atoms with Gasteiger partial charge in [0.15, 0.2) is 0 Å². The van der Waals surface area contributed by atoms with Crippen molar-refractivity contribution < 1.29 is 0 Å². The van der Waals surface area contributed by atoms with E-state index in [0.717, 1.165) is 12.6 Å². The average molecular weight is 213 g/mol. The third-order valence-electron chi connectivity index (χ3n) is 3.71. The van der Waals surface area contributed by atoms with Gasteiger partial charge in [-0.2, -0.15) is 0 Å². The van der Waals surface area contributed by atoms with Crippen LogP contribution in [0.5, 0.6) is 0 Å². The summed E-state index contributed by atoms with van der Waals surface area (Å²) in [5, 5.41) is 0. The minimum Gasteiger partial charge on any atom is -0.329 e. The number of hydrogen-bond donors (Lipinski definition) is 1. The molecule has 1 saturated heterocycles. The van der Waals surface area contributed by atoms with E-state index in [1.54, 1.807) is 0 Å². The van der Waals surface area contributed by atoms with E-state index < -0.39 is 0 Å². The van der Waals surface area contributed by atoms with Gasteiger partial charge in [-0.1, -0.05) is 13.8 Å². The molecule has 0 radical (unpaired) electrons. The predicted molar refractivity (Wildman–Crippen MR) is 66.0 cm³/mol. The Morgan fingerprint density at radius 3 is 2.13 bits per heavy atom. The quantitative estimate of drug-likeness (QED) is 0.756. The van der Waals surface area contributed by atoms with Crippen molar-refractivity contribution in [2.45, 2.75) is 38.8 Å². The Morgan fingerprint density at radius 2 is 1.80 bits per heavy atom. The van der Waals surface area contributed by atoms with E-state index in [9.17, 15) is 0 Å². The number of nitrogens with zero attached hydrogens (tertiary/aromatic N) is 2. The van der Waals surface area contributed by atoms with Crippen LogP contribution < -0.4 is 5.73 Å². The number of piperidine rings is 1. The molecule has 1 rings (SSSR count). The predicted octanol–water partition coefficient (Wildman–Crippen LogP) is 0.996. The van der Waals surface area contributed by atoms with E-state index in [-0.39, 0.29) is 0 Å². The fraction of sp³-hybridized carbons (Fsp3) is 1.00. The molecule has 90 valence electrons. The van der Waals surface area contributed by atoms with E-state index >= 15 is 0 Å². The molecule has 2 N–H and O–H groups in total. The highest BCUT2D eigenvalue weighted by Crippen LogP contribution is 2.19. The zero-order valence-electron chi connectivity index (χ0n) is 10.7. The van der Waals surface area contributed by atoms with E-state index in [1.807, 2.05) is 0 Å². The fourth-order valence-electron chi connectivity index (χ4n) is 2.58. The molecule has 0 aromatic rings. The average Bonchev–Trinajstić information content (AvgIpc) is 2.19. The van der Waals surface area contributed by atoms with Gasteiger partial charge in [0.1, 0.15) is 0 Å². The number of likely N-dealkylation sites (tertiary alicyclic amines) is 1. The Morgan fingerprint density at radius 1 is 1.27 bits per heavy atom. The van der Waals surface area contributed by atoms with Crippen LogP contribution >= 0.6 is 0 Å². The summed E-state index contributed by atoms with van der Waals surface area (Å²) >= 11 is 0. The molecule has 1 aliphatic heterocycles. The first-order valence-electron chi connectivity index (χ1n) is 6.16. The van der Waals surface area contributed by atoms with Crippen LogP contribution in [0.3, 0.4) is 0 Å². The van der Waals surface area contributed by atoms with Gasteiger partial charge in [-0.15, -0.1) is 0 Å². The summed E-state index contributed by atoms with van der Waals surface area (Å²) in [6.45, 7) is 7.77. The minimum absolute atomic E-state index is 0.577. The standard InChI is InChI=1S/C12H27N3/c1-10(2)12(9-13)15-7-5-11(6-8-15)14(3)4/h10-12H,5-9,13H2,1-4H3. The van der Waals surface area contributed by atoms with Crippen molar-refractivity contribution in [3.8, 4) is 0 Å². The van der Waals surface area contributed by atoms with Gasteiger partial charge >= 0.3 is 0 Å². The van der Waals surface area contributed by atoms with Crippen LogP contribution in [-0.2, 0) is 0 Å². The number of rotatable bonds is 4. The van der Waals surface area contributed by atoms with Gasteiger partial charge in [0.25, 0.3) is 0 Å². The van der Waals surface area contributed by atoms with E-state index in [4.69, 9.17) is 5.73 Å². The van der Waals surface area contributed by atoms with Crippen molar-refractivity contribution in [3.63, 3.8) is 0 Å². The Kier molecular flexibility index (Phi) is 5.03. The van der Waals surface area contributed by atoms with Crippen molar-refractivity contribution in [3.05, 3.63) is 0 Å². The van der Waals surface area contributed by atoms with Gasteiger partial charge < -0.3 is 10.6 Å². The fourth-order valence-corrected chi connectivity index (χ4v) is 2.58. The normalized spacial score (nSPS) is 22.6. The molecule has 0 spiro atoms. The number of hydrogen-bond acceptors (Lipinski definition) is 3. The van der Waals surface area contributed by atoms with E-state index in [0.29, 0.717) is 12.0 Å². The lowest BCUT2D eigenvalue weighted by Crippen LogP contribution is -2.50. The highest BCUT2D eigenvalue weighted by Gasteiger charge is 2.26. The van der Waals surface area contributed by atoms with Crippen molar-refractivity contribution in [2.24, 2.45) is 11.7 Å². The zero-order valence-corrected chi connectivity index (χ0v) is 10.7. The summed E-state index contributed by atoms with van der Waals surface area (Å²) < 4.78 is 0. The first kappa shape index (κ1) is 12.9. The summed E-state index contributed by atoms with van der Waals surface area (Å²) in [6.07, 6.45) is 2.58. The van der Waals surface area contributed by atoms with E-state index in [2.05, 4.69) is 37.7 Å². The summed E-state index contributed by atoms with van der Waals surface area (Å²) in [5.41, 5.74) is 5.85. The number of nitrogens with two attached hydrogens (primary N) is 1. The second-order valence-electron chi connectivity index (χ2n) is 5.28. The molecule has 1 aliphatic rings. The van der Waals surface area contributed by atoms with Gasteiger partial charge in [-0.05, 0) is 45.9 Å². The Labute approximate surface area is 94.6 Å². The van der Waals surface area contributed by atoms with Crippen LogP contribution in [-0.4, -0.2) is 55.6 Å². The third-order valence-corrected chi connectivity index (χ3v) is 3.71. The second kappa shape index (κ2) is 5.83. The van der Waals surface area contributed by atoms with Crippen molar-refractivity contribution in [2.75, 3.05) is 33.7 Å². The zero-order chi connectivity index (χ0) is 11.4. The Bertz CT molecular complexity index is 172. The first-order valence-corrected chi connectivity index (χ1v) is 6.16. The molecule has 0 aromatic carbocycles. The molecule has 0 saturated carbocycles. The topological polar surface area (TPSA) is 32.5 Å². The Hall–Kier alpha value is -0.120. The molecular formula is C12H27N3. The third kappa shape index (κ3) is 3.44.